The highest BCUT2D eigenvalue weighted by molar-refractivity contribution is 5.18. The minimum absolute atomic E-state index is 0.00747. The molecule has 1 aromatic rings. The largest absolute Gasteiger partial charge is 0.305 e. The van der Waals surface area contributed by atoms with Crippen molar-refractivity contribution in [1.82, 2.24) is 4.90 Å². The Morgan fingerprint density at radius 2 is 2.11 bits per heavy atom. The molecule has 0 heterocycles. The summed E-state index contributed by atoms with van der Waals surface area (Å²) in [6.45, 7) is 3.30. The lowest BCUT2D eigenvalue weighted by molar-refractivity contribution is 0.302. The van der Waals surface area contributed by atoms with Crippen LogP contribution >= 0.6 is 0 Å². The minimum Gasteiger partial charge on any atom is -0.305 e. The summed E-state index contributed by atoms with van der Waals surface area (Å²) < 4.78 is 26.1. The number of benzene rings is 1. The molecule has 4 heteroatoms. The summed E-state index contributed by atoms with van der Waals surface area (Å²) >= 11 is 0. The zero-order valence-corrected chi connectivity index (χ0v) is 10.8. The standard InChI is InChI=1S/C14H18F2N2/c1-3-11(9-17)10-18(2)7-6-12-4-5-13(15)8-14(12)16/h4-5,8,11H,3,6-7,10H2,1-2H3. The van der Waals surface area contributed by atoms with Crippen LogP contribution in [0.4, 0.5) is 8.78 Å². The molecule has 1 unspecified atom stereocenters. The van der Waals surface area contributed by atoms with Gasteiger partial charge in [0.25, 0.3) is 0 Å². The Labute approximate surface area is 107 Å². The summed E-state index contributed by atoms with van der Waals surface area (Å²) in [5, 5.41) is 8.86. The van der Waals surface area contributed by atoms with Crippen molar-refractivity contribution in [3.63, 3.8) is 0 Å². The SMILES string of the molecule is CCC(C#N)CN(C)CCc1ccc(F)cc1F. The lowest BCUT2D eigenvalue weighted by Crippen LogP contribution is -2.27. The molecule has 0 aliphatic carbocycles. The van der Waals surface area contributed by atoms with Crippen LogP contribution in [0.15, 0.2) is 18.2 Å². The second kappa shape index (κ2) is 7.07. The summed E-state index contributed by atoms with van der Waals surface area (Å²) in [6.07, 6.45) is 1.33. The van der Waals surface area contributed by atoms with E-state index in [4.69, 9.17) is 5.26 Å². The first-order chi connectivity index (χ1) is 8.56. The van der Waals surface area contributed by atoms with Gasteiger partial charge < -0.3 is 4.90 Å². The zero-order valence-electron chi connectivity index (χ0n) is 10.8. The van der Waals surface area contributed by atoms with Crippen molar-refractivity contribution in [1.29, 1.82) is 5.26 Å². The lowest BCUT2D eigenvalue weighted by atomic mass is 10.1. The molecule has 0 N–H and O–H groups in total. The van der Waals surface area contributed by atoms with Gasteiger partial charge in [0.15, 0.2) is 0 Å². The van der Waals surface area contributed by atoms with E-state index >= 15 is 0 Å². The number of hydrogen-bond acceptors (Lipinski definition) is 2. The second-order valence-electron chi connectivity index (χ2n) is 4.48. The molecule has 1 rings (SSSR count). The van der Waals surface area contributed by atoms with Crippen LogP contribution in [0.2, 0.25) is 0 Å². The zero-order chi connectivity index (χ0) is 13.5. The molecular weight excluding hydrogens is 234 g/mol. The van der Waals surface area contributed by atoms with Gasteiger partial charge in [-0.15, -0.1) is 0 Å². The maximum atomic E-state index is 13.4. The molecule has 18 heavy (non-hydrogen) atoms. The van der Waals surface area contributed by atoms with Crippen LogP contribution in [0.5, 0.6) is 0 Å². The van der Waals surface area contributed by atoms with Gasteiger partial charge in [0.05, 0.1) is 12.0 Å². The second-order valence-corrected chi connectivity index (χ2v) is 4.48. The van der Waals surface area contributed by atoms with E-state index in [0.29, 0.717) is 25.1 Å². The fourth-order valence-electron chi connectivity index (χ4n) is 1.76. The minimum atomic E-state index is -0.555. The van der Waals surface area contributed by atoms with E-state index in [1.165, 1.54) is 12.1 Å². The number of hydrogen-bond donors (Lipinski definition) is 0. The molecule has 2 nitrogen and oxygen atoms in total. The topological polar surface area (TPSA) is 27.0 Å². The first kappa shape index (κ1) is 14.6. The van der Waals surface area contributed by atoms with E-state index in [1.807, 2.05) is 18.9 Å². The van der Waals surface area contributed by atoms with Gasteiger partial charge in [-0.05, 0) is 31.5 Å². The molecule has 1 aromatic carbocycles. The summed E-state index contributed by atoms with van der Waals surface area (Å²) in [6, 6.07) is 5.88. The molecule has 0 aliphatic heterocycles. The van der Waals surface area contributed by atoms with Crippen molar-refractivity contribution in [3.05, 3.63) is 35.4 Å². The Bertz CT molecular complexity index is 426. The van der Waals surface area contributed by atoms with Crippen LogP contribution < -0.4 is 0 Å². The van der Waals surface area contributed by atoms with Crippen molar-refractivity contribution in [3.8, 4) is 6.07 Å². The highest BCUT2D eigenvalue weighted by Gasteiger charge is 2.10. The molecule has 0 saturated heterocycles. The molecule has 0 fully saturated rings. The first-order valence-corrected chi connectivity index (χ1v) is 6.09. The summed E-state index contributed by atoms with van der Waals surface area (Å²) in [7, 11) is 1.90. The fraction of sp³-hybridized carbons (Fsp3) is 0.500. The van der Waals surface area contributed by atoms with E-state index in [0.717, 1.165) is 12.5 Å². The van der Waals surface area contributed by atoms with Gasteiger partial charge in [0, 0.05) is 19.2 Å². The molecule has 0 aromatic heterocycles. The van der Waals surface area contributed by atoms with Crippen LogP contribution in [0, 0.1) is 28.9 Å². The van der Waals surface area contributed by atoms with E-state index in [2.05, 4.69) is 6.07 Å². The molecule has 0 spiro atoms. The highest BCUT2D eigenvalue weighted by atomic mass is 19.1. The van der Waals surface area contributed by atoms with Crippen LogP contribution in [-0.2, 0) is 6.42 Å². The maximum absolute atomic E-state index is 13.4. The number of rotatable bonds is 6. The van der Waals surface area contributed by atoms with E-state index in [9.17, 15) is 8.78 Å². The maximum Gasteiger partial charge on any atom is 0.129 e. The van der Waals surface area contributed by atoms with Crippen LogP contribution in [-0.4, -0.2) is 25.0 Å². The third kappa shape index (κ3) is 4.42. The quantitative estimate of drug-likeness (QED) is 0.778. The Balaban J connectivity index is 2.47. The Kier molecular flexibility index (Phi) is 5.73. The molecule has 98 valence electrons. The number of nitrogens with zero attached hydrogens (tertiary/aromatic N) is 2. The van der Waals surface area contributed by atoms with Crippen LogP contribution in [0.3, 0.4) is 0 Å². The predicted octanol–water partition coefficient (Wildman–Crippen LogP) is 2.99. The Hall–Kier alpha value is -1.47. The van der Waals surface area contributed by atoms with Gasteiger partial charge in [-0.2, -0.15) is 5.26 Å². The summed E-state index contributed by atoms with van der Waals surface area (Å²) in [4.78, 5) is 2.00. The summed E-state index contributed by atoms with van der Waals surface area (Å²) in [5.74, 6) is -1.05. The molecule has 1 atom stereocenters. The predicted molar refractivity (Wildman–Crippen MR) is 67.0 cm³/mol. The number of nitriles is 1. The molecule has 0 radical (unpaired) electrons. The van der Waals surface area contributed by atoms with E-state index < -0.39 is 11.6 Å². The Morgan fingerprint density at radius 3 is 2.67 bits per heavy atom. The third-order valence-corrected chi connectivity index (χ3v) is 2.99. The van der Waals surface area contributed by atoms with E-state index in [1.54, 1.807) is 0 Å². The van der Waals surface area contributed by atoms with Crippen molar-refractivity contribution in [2.75, 3.05) is 20.1 Å². The van der Waals surface area contributed by atoms with Crippen molar-refractivity contribution >= 4 is 0 Å². The third-order valence-electron chi connectivity index (χ3n) is 2.99. The molecule has 0 saturated carbocycles. The van der Waals surface area contributed by atoms with Gasteiger partial charge in [-0.3, -0.25) is 0 Å². The van der Waals surface area contributed by atoms with Gasteiger partial charge in [0.2, 0.25) is 0 Å². The molecular formula is C14H18F2N2. The summed E-state index contributed by atoms with van der Waals surface area (Å²) in [5.41, 5.74) is 0.508. The van der Waals surface area contributed by atoms with Crippen molar-refractivity contribution in [2.45, 2.75) is 19.8 Å². The van der Waals surface area contributed by atoms with Gasteiger partial charge in [-0.1, -0.05) is 13.0 Å². The fourth-order valence-corrected chi connectivity index (χ4v) is 1.76. The average Bonchev–Trinajstić information content (AvgIpc) is 2.35. The van der Waals surface area contributed by atoms with Gasteiger partial charge >= 0.3 is 0 Å². The molecule has 0 amide bonds. The first-order valence-electron chi connectivity index (χ1n) is 6.09. The molecule has 0 bridgehead atoms. The number of likely N-dealkylation sites (N-methyl/N-ethyl adjacent to an activating group) is 1. The number of halogens is 2. The normalized spacial score (nSPS) is 12.4. The molecule has 0 aliphatic rings. The highest BCUT2D eigenvalue weighted by Crippen LogP contribution is 2.11. The Morgan fingerprint density at radius 1 is 1.39 bits per heavy atom. The average molecular weight is 252 g/mol. The van der Waals surface area contributed by atoms with Crippen molar-refractivity contribution < 1.29 is 8.78 Å². The van der Waals surface area contributed by atoms with Crippen molar-refractivity contribution in [2.24, 2.45) is 5.92 Å². The van der Waals surface area contributed by atoms with Gasteiger partial charge in [-0.25, -0.2) is 8.78 Å². The van der Waals surface area contributed by atoms with Crippen LogP contribution in [0.1, 0.15) is 18.9 Å². The van der Waals surface area contributed by atoms with Gasteiger partial charge in [0.1, 0.15) is 11.6 Å². The van der Waals surface area contributed by atoms with E-state index in [-0.39, 0.29) is 5.92 Å². The monoisotopic (exact) mass is 252 g/mol. The lowest BCUT2D eigenvalue weighted by Gasteiger charge is -2.19. The van der Waals surface area contributed by atoms with Crippen LogP contribution in [0.25, 0.3) is 0 Å². The smallest absolute Gasteiger partial charge is 0.129 e.